The number of rotatable bonds is 2. The lowest BCUT2D eigenvalue weighted by molar-refractivity contribution is 0.107. The van der Waals surface area contributed by atoms with Gasteiger partial charge in [-0.05, 0) is 54.7 Å². The molecule has 1 fully saturated rings. The van der Waals surface area contributed by atoms with Gasteiger partial charge in [0.2, 0.25) is 0 Å². The zero-order valence-corrected chi connectivity index (χ0v) is 12.1. The second-order valence-corrected chi connectivity index (χ2v) is 6.47. The van der Waals surface area contributed by atoms with Gasteiger partial charge in [-0.3, -0.25) is 4.98 Å². The quantitative estimate of drug-likeness (QED) is 0.865. The molecule has 1 aliphatic carbocycles. The van der Waals surface area contributed by atoms with Crippen molar-refractivity contribution in [3.05, 3.63) is 29.6 Å². The first-order chi connectivity index (χ1) is 8.45. The maximum Gasteiger partial charge on any atom is 0.0461 e. The van der Waals surface area contributed by atoms with E-state index >= 15 is 0 Å². The molecule has 0 spiro atoms. The lowest BCUT2D eigenvalue weighted by Gasteiger charge is -2.46. The van der Waals surface area contributed by atoms with Crippen LogP contribution in [0.4, 0.5) is 0 Å². The molecule has 0 aliphatic heterocycles. The molecule has 0 radical (unpaired) electrons. The second kappa shape index (κ2) is 5.00. The molecule has 2 N–H and O–H groups in total. The first-order valence-electron chi connectivity index (χ1n) is 7.15. The topological polar surface area (TPSA) is 38.9 Å². The smallest absolute Gasteiger partial charge is 0.0461 e. The average Bonchev–Trinajstić information content (AvgIpc) is 2.28. The molecule has 1 aliphatic rings. The number of aromatic nitrogens is 1. The van der Waals surface area contributed by atoms with Gasteiger partial charge in [0.15, 0.2) is 0 Å². The highest BCUT2D eigenvalue weighted by molar-refractivity contribution is 5.31. The first-order valence-corrected chi connectivity index (χ1v) is 7.15. The van der Waals surface area contributed by atoms with Gasteiger partial charge in [0.05, 0.1) is 0 Å². The van der Waals surface area contributed by atoms with E-state index in [0.717, 1.165) is 6.42 Å². The third-order valence-electron chi connectivity index (χ3n) is 4.66. The van der Waals surface area contributed by atoms with Crippen molar-refractivity contribution in [2.45, 2.75) is 52.5 Å². The fourth-order valence-electron chi connectivity index (χ4n) is 3.74. The maximum atomic E-state index is 6.88. The maximum absolute atomic E-state index is 6.88. The van der Waals surface area contributed by atoms with Gasteiger partial charge in [-0.25, -0.2) is 0 Å². The van der Waals surface area contributed by atoms with Crippen molar-refractivity contribution >= 4 is 0 Å². The molecule has 2 nitrogen and oxygen atoms in total. The Morgan fingerprint density at radius 1 is 1.39 bits per heavy atom. The van der Waals surface area contributed by atoms with Gasteiger partial charge in [-0.1, -0.05) is 27.2 Å². The molecule has 1 heterocycles. The van der Waals surface area contributed by atoms with Gasteiger partial charge in [0.25, 0.3) is 0 Å². The molecule has 0 bridgehead atoms. The summed E-state index contributed by atoms with van der Waals surface area (Å²) >= 11 is 0. The Morgan fingerprint density at radius 3 is 2.72 bits per heavy atom. The van der Waals surface area contributed by atoms with Gasteiger partial charge >= 0.3 is 0 Å². The van der Waals surface area contributed by atoms with Crippen molar-refractivity contribution in [2.24, 2.45) is 23.5 Å². The molecule has 1 aromatic heterocycles. The van der Waals surface area contributed by atoms with Crippen molar-refractivity contribution in [1.29, 1.82) is 0 Å². The van der Waals surface area contributed by atoms with Crippen LogP contribution in [-0.2, 0) is 5.54 Å². The number of pyridine rings is 1. The molecule has 0 aromatic carbocycles. The van der Waals surface area contributed by atoms with Crippen LogP contribution >= 0.6 is 0 Å². The minimum absolute atomic E-state index is 0.190. The summed E-state index contributed by atoms with van der Waals surface area (Å²) in [5.41, 5.74) is 9.23. The standard InChI is InChI=1S/C16H26N2/c1-11(2)14-6-5-12(3)9-16(14,17)15-10-18-8-7-13(15)4/h7-8,10-12,14H,5-6,9,17H2,1-4H3. The largest absolute Gasteiger partial charge is 0.321 e. The summed E-state index contributed by atoms with van der Waals surface area (Å²) in [5, 5.41) is 0. The van der Waals surface area contributed by atoms with E-state index in [-0.39, 0.29) is 5.54 Å². The van der Waals surface area contributed by atoms with Crippen LogP contribution in [0.3, 0.4) is 0 Å². The highest BCUT2D eigenvalue weighted by Gasteiger charge is 2.43. The highest BCUT2D eigenvalue weighted by Crippen LogP contribution is 2.46. The molecule has 0 amide bonds. The average molecular weight is 246 g/mol. The van der Waals surface area contributed by atoms with E-state index in [2.05, 4.69) is 38.7 Å². The monoisotopic (exact) mass is 246 g/mol. The van der Waals surface area contributed by atoms with E-state index in [1.807, 2.05) is 12.4 Å². The number of aryl methyl sites for hydroxylation is 1. The minimum Gasteiger partial charge on any atom is -0.321 e. The summed E-state index contributed by atoms with van der Waals surface area (Å²) in [5.74, 6) is 1.91. The molecule has 1 aromatic rings. The van der Waals surface area contributed by atoms with Crippen LogP contribution in [0.15, 0.2) is 18.5 Å². The SMILES string of the molecule is Cc1ccncc1C1(N)CC(C)CCC1C(C)C. The molecule has 2 rings (SSSR count). The first kappa shape index (κ1) is 13.5. The van der Waals surface area contributed by atoms with Crippen LogP contribution < -0.4 is 5.73 Å². The van der Waals surface area contributed by atoms with Crippen LogP contribution in [0, 0.1) is 24.7 Å². The summed E-state index contributed by atoms with van der Waals surface area (Å²) in [6, 6.07) is 2.08. The summed E-state index contributed by atoms with van der Waals surface area (Å²) in [4.78, 5) is 4.30. The summed E-state index contributed by atoms with van der Waals surface area (Å²) in [7, 11) is 0. The Kier molecular flexibility index (Phi) is 3.76. The van der Waals surface area contributed by atoms with Crippen LogP contribution in [0.1, 0.15) is 51.2 Å². The van der Waals surface area contributed by atoms with E-state index in [4.69, 9.17) is 5.73 Å². The minimum atomic E-state index is -0.190. The summed E-state index contributed by atoms with van der Waals surface area (Å²) < 4.78 is 0. The van der Waals surface area contributed by atoms with Crippen molar-refractivity contribution in [3.8, 4) is 0 Å². The molecular weight excluding hydrogens is 220 g/mol. The van der Waals surface area contributed by atoms with Crippen LogP contribution in [0.25, 0.3) is 0 Å². The van der Waals surface area contributed by atoms with Gasteiger partial charge in [-0.15, -0.1) is 0 Å². The Hall–Kier alpha value is -0.890. The molecule has 100 valence electrons. The number of nitrogens with two attached hydrogens (primary N) is 1. The summed E-state index contributed by atoms with van der Waals surface area (Å²) in [6.07, 6.45) is 7.48. The molecule has 2 heteroatoms. The van der Waals surface area contributed by atoms with Crippen LogP contribution in [0.5, 0.6) is 0 Å². The van der Waals surface area contributed by atoms with Crippen LogP contribution in [0.2, 0.25) is 0 Å². The van der Waals surface area contributed by atoms with Gasteiger partial charge in [0.1, 0.15) is 0 Å². The predicted molar refractivity (Wildman–Crippen MR) is 76.2 cm³/mol. The Morgan fingerprint density at radius 2 is 2.11 bits per heavy atom. The van der Waals surface area contributed by atoms with Gasteiger partial charge in [-0.2, -0.15) is 0 Å². The lowest BCUT2D eigenvalue weighted by atomic mass is 9.62. The fourth-order valence-corrected chi connectivity index (χ4v) is 3.74. The number of hydrogen-bond acceptors (Lipinski definition) is 2. The molecule has 3 atom stereocenters. The normalized spacial score (nSPS) is 32.8. The molecular formula is C16H26N2. The van der Waals surface area contributed by atoms with Crippen LogP contribution in [-0.4, -0.2) is 4.98 Å². The third-order valence-corrected chi connectivity index (χ3v) is 4.66. The lowest BCUT2D eigenvalue weighted by Crippen LogP contribution is -2.50. The van der Waals surface area contributed by atoms with E-state index in [0.29, 0.717) is 17.8 Å². The van der Waals surface area contributed by atoms with Crippen molar-refractivity contribution < 1.29 is 0 Å². The van der Waals surface area contributed by atoms with Gasteiger partial charge < -0.3 is 5.73 Å². The molecule has 18 heavy (non-hydrogen) atoms. The zero-order valence-electron chi connectivity index (χ0n) is 12.1. The molecule has 3 unspecified atom stereocenters. The van der Waals surface area contributed by atoms with Crippen molar-refractivity contribution in [1.82, 2.24) is 4.98 Å². The second-order valence-electron chi connectivity index (χ2n) is 6.47. The summed E-state index contributed by atoms with van der Waals surface area (Å²) in [6.45, 7) is 9.08. The Bertz CT molecular complexity index is 413. The third kappa shape index (κ3) is 2.31. The zero-order chi connectivity index (χ0) is 13.3. The Balaban J connectivity index is 2.44. The van der Waals surface area contributed by atoms with Gasteiger partial charge in [0, 0.05) is 17.9 Å². The molecule has 0 saturated heterocycles. The van der Waals surface area contributed by atoms with E-state index in [1.54, 1.807) is 0 Å². The van der Waals surface area contributed by atoms with Crippen molar-refractivity contribution in [3.63, 3.8) is 0 Å². The molecule has 1 saturated carbocycles. The number of nitrogens with zero attached hydrogens (tertiary/aromatic N) is 1. The van der Waals surface area contributed by atoms with E-state index in [9.17, 15) is 0 Å². The highest BCUT2D eigenvalue weighted by atomic mass is 14.8. The number of hydrogen-bond donors (Lipinski definition) is 1. The van der Waals surface area contributed by atoms with E-state index in [1.165, 1.54) is 24.0 Å². The Labute approximate surface area is 111 Å². The fraction of sp³-hybridized carbons (Fsp3) is 0.688. The predicted octanol–water partition coefficient (Wildman–Crippen LogP) is 3.64. The van der Waals surface area contributed by atoms with E-state index < -0.39 is 0 Å². The van der Waals surface area contributed by atoms with Crippen molar-refractivity contribution in [2.75, 3.05) is 0 Å².